The first-order chi connectivity index (χ1) is 16.1. The van der Waals surface area contributed by atoms with Gasteiger partial charge in [-0.3, -0.25) is 15.0 Å². The second-order valence-electron chi connectivity index (χ2n) is 7.06. The van der Waals surface area contributed by atoms with Crippen molar-refractivity contribution < 1.29 is 15.3 Å². The zero-order valence-corrected chi connectivity index (χ0v) is 22.7. The van der Waals surface area contributed by atoms with Crippen molar-refractivity contribution in [3.05, 3.63) is 110 Å². The summed E-state index contributed by atoms with van der Waals surface area (Å²) in [6.07, 6.45) is 5.01. The first-order valence-corrected chi connectivity index (χ1v) is 10.2. The van der Waals surface area contributed by atoms with Gasteiger partial charge in [0.15, 0.2) is 0 Å². The van der Waals surface area contributed by atoms with E-state index in [-0.39, 0.29) is 58.5 Å². The van der Waals surface area contributed by atoms with Crippen LogP contribution in [0, 0.1) is 0 Å². The number of hydrogen-bond donors (Lipinski definition) is 3. The summed E-state index contributed by atoms with van der Waals surface area (Å²) in [5.41, 5.74) is 1.99. The number of phenols is 3. The van der Waals surface area contributed by atoms with E-state index in [9.17, 15) is 15.3 Å². The molecule has 0 saturated heterocycles. The largest absolute Gasteiger partial charge is 0.506 e. The Balaban J connectivity index is 0.000000180. The maximum atomic E-state index is 9.31. The van der Waals surface area contributed by atoms with Gasteiger partial charge in [-0.25, -0.2) is 0 Å². The minimum absolute atomic E-state index is 0. The second kappa shape index (κ2) is 13.5. The SMILES string of the molecule is Oc1cccc2cccnc12.Oc1cccc2cccnc12.Oc1cccc2cccnc12.[Al].[Sn]. The van der Waals surface area contributed by atoms with E-state index in [0.29, 0.717) is 16.6 Å². The molecule has 8 heteroatoms. The van der Waals surface area contributed by atoms with Crippen LogP contribution in [0.3, 0.4) is 0 Å². The van der Waals surface area contributed by atoms with Crippen LogP contribution >= 0.6 is 0 Å². The number of aromatic hydroxyl groups is 3. The van der Waals surface area contributed by atoms with Gasteiger partial charge in [0, 0.05) is 76.0 Å². The Kier molecular flexibility index (Phi) is 10.7. The van der Waals surface area contributed by atoms with Gasteiger partial charge in [0.1, 0.15) is 33.8 Å². The number of para-hydroxylation sites is 3. The number of hydrogen-bond acceptors (Lipinski definition) is 6. The van der Waals surface area contributed by atoms with Crippen molar-refractivity contribution in [2.24, 2.45) is 0 Å². The molecule has 3 heterocycles. The third-order valence-electron chi connectivity index (χ3n) is 4.83. The van der Waals surface area contributed by atoms with Crippen molar-refractivity contribution in [2.45, 2.75) is 0 Å². The van der Waals surface area contributed by atoms with Crippen molar-refractivity contribution in [3.63, 3.8) is 0 Å². The summed E-state index contributed by atoms with van der Waals surface area (Å²) in [5.74, 6) is 0.717. The Morgan fingerprint density at radius 3 is 0.914 bits per heavy atom. The molecule has 0 aliphatic rings. The average molecular weight is 581 g/mol. The topological polar surface area (TPSA) is 99.4 Å². The number of nitrogens with zero attached hydrogens (tertiary/aromatic N) is 3. The summed E-state index contributed by atoms with van der Waals surface area (Å²) in [6.45, 7) is 0. The van der Waals surface area contributed by atoms with Crippen LogP contribution in [0.15, 0.2) is 110 Å². The van der Waals surface area contributed by atoms with Gasteiger partial charge in [-0.2, -0.15) is 0 Å². The fraction of sp³-hybridized carbons (Fsp3) is 0. The van der Waals surface area contributed by atoms with E-state index in [4.69, 9.17) is 0 Å². The second-order valence-corrected chi connectivity index (χ2v) is 7.06. The molecule has 0 saturated carbocycles. The molecule has 6 rings (SSSR count). The van der Waals surface area contributed by atoms with Crippen molar-refractivity contribution in [1.29, 1.82) is 0 Å². The average Bonchev–Trinajstić information content (AvgIpc) is 2.86. The Morgan fingerprint density at radius 1 is 0.400 bits per heavy atom. The molecule has 0 aliphatic heterocycles. The molecule has 3 N–H and O–H groups in total. The molecule has 6 nitrogen and oxygen atoms in total. The molecule has 6 aromatic rings. The van der Waals surface area contributed by atoms with Crippen molar-refractivity contribution >= 4 is 74.0 Å². The van der Waals surface area contributed by atoms with Crippen molar-refractivity contribution in [3.8, 4) is 17.2 Å². The van der Waals surface area contributed by atoms with Gasteiger partial charge >= 0.3 is 0 Å². The predicted molar refractivity (Wildman–Crippen MR) is 142 cm³/mol. The third kappa shape index (κ3) is 7.06. The van der Waals surface area contributed by atoms with E-state index < -0.39 is 0 Å². The molecule has 3 aromatic carbocycles. The Labute approximate surface area is 230 Å². The van der Waals surface area contributed by atoms with Crippen LogP contribution in [0.1, 0.15) is 0 Å². The van der Waals surface area contributed by atoms with E-state index in [2.05, 4.69) is 15.0 Å². The third-order valence-corrected chi connectivity index (χ3v) is 4.83. The molecule has 35 heavy (non-hydrogen) atoms. The van der Waals surface area contributed by atoms with Crippen LogP contribution in [0.4, 0.5) is 0 Å². The number of pyridine rings is 3. The number of aromatic nitrogens is 3. The van der Waals surface area contributed by atoms with Gasteiger partial charge in [-0.1, -0.05) is 54.6 Å². The van der Waals surface area contributed by atoms with Gasteiger partial charge < -0.3 is 15.3 Å². The van der Waals surface area contributed by atoms with E-state index in [1.165, 1.54) is 0 Å². The summed E-state index contributed by atoms with van der Waals surface area (Å²) in [4.78, 5) is 12.1. The van der Waals surface area contributed by atoms with Gasteiger partial charge in [0.2, 0.25) is 0 Å². The van der Waals surface area contributed by atoms with Gasteiger partial charge in [-0.05, 0) is 36.4 Å². The molecule has 0 fully saturated rings. The molecule has 0 amide bonds. The summed E-state index contributed by atoms with van der Waals surface area (Å²) < 4.78 is 0. The molecule has 0 unspecified atom stereocenters. The molecule has 3 aromatic heterocycles. The molecular formula is C27H21AlN3O3Sn. The van der Waals surface area contributed by atoms with Gasteiger partial charge in [0.05, 0.1) is 0 Å². The minimum Gasteiger partial charge on any atom is -0.506 e. The van der Waals surface area contributed by atoms with E-state index in [0.717, 1.165) is 16.2 Å². The van der Waals surface area contributed by atoms with Crippen LogP contribution in [-0.4, -0.2) is 71.5 Å². The molecule has 0 atom stereocenters. The zero-order chi connectivity index (χ0) is 23.0. The maximum Gasteiger partial charge on any atom is 0.141 e. The smallest absolute Gasteiger partial charge is 0.141 e. The maximum absolute atomic E-state index is 9.31. The quantitative estimate of drug-likeness (QED) is 0.217. The zero-order valence-electron chi connectivity index (χ0n) is 18.7. The van der Waals surface area contributed by atoms with Crippen LogP contribution in [0.25, 0.3) is 32.7 Å². The van der Waals surface area contributed by atoms with E-state index in [1.807, 2.05) is 54.6 Å². The normalized spacial score (nSPS) is 9.60. The first-order valence-electron chi connectivity index (χ1n) is 10.2. The van der Waals surface area contributed by atoms with Crippen LogP contribution in [0.5, 0.6) is 17.2 Å². The molecule has 0 aliphatic carbocycles. The Hall–Kier alpha value is -3.38. The number of benzene rings is 3. The predicted octanol–water partition coefficient (Wildman–Crippen LogP) is 5.06. The minimum atomic E-state index is 0. The first kappa shape index (κ1) is 27.9. The molecule has 0 bridgehead atoms. The summed E-state index contributed by atoms with van der Waals surface area (Å²) >= 11 is 0. The Bertz CT molecular complexity index is 1330. The summed E-state index contributed by atoms with van der Waals surface area (Å²) in [7, 11) is 0. The summed E-state index contributed by atoms with van der Waals surface area (Å²) in [6, 6.07) is 27.4. The standard InChI is InChI=1S/3C9H7NO.Al.Sn/c3*11-8-5-1-3-7-4-2-6-10-9(7)8;;/h3*1-6,11H;;. The fourth-order valence-corrected chi connectivity index (χ4v) is 3.26. The van der Waals surface area contributed by atoms with E-state index >= 15 is 0 Å². The van der Waals surface area contributed by atoms with Gasteiger partial charge in [-0.15, -0.1) is 0 Å². The number of phenolic OH excluding ortho intramolecular Hbond substituents is 3. The summed E-state index contributed by atoms with van der Waals surface area (Å²) in [5, 5.41) is 30.8. The molecule has 0 spiro atoms. The van der Waals surface area contributed by atoms with Crippen LogP contribution < -0.4 is 0 Å². The monoisotopic (exact) mass is 582 g/mol. The van der Waals surface area contributed by atoms with Crippen molar-refractivity contribution in [2.75, 3.05) is 0 Å². The van der Waals surface area contributed by atoms with Crippen LogP contribution in [-0.2, 0) is 0 Å². The van der Waals surface area contributed by atoms with Crippen molar-refractivity contribution in [1.82, 2.24) is 15.0 Å². The van der Waals surface area contributed by atoms with Crippen LogP contribution in [0.2, 0.25) is 0 Å². The molecule has 169 valence electrons. The van der Waals surface area contributed by atoms with E-state index in [1.54, 1.807) is 55.0 Å². The molecule has 7 radical (unpaired) electrons. The fourth-order valence-electron chi connectivity index (χ4n) is 3.26. The van der Waals surface area contributed by atoms with Gasteiger partial charge in [0.25, 0.3) is 0 Å². The number of rotatable bonds is 0. The number of fused-ring (bicyclic) bond motifs is 3. The molecular weight excluding hydrogens is 560 g/mol. The Morgan fingerprint density at radius 2 is 0.657 bits per heavy atom.